The van der Waals surface area contributed by atoms with Crippen LogP contribution in [0.4, 0.5) is 4.79 Å². The molecule has 2 amide bonds. The monoisotopic (exact) mass is 701 g/mol. The first kappa shape index (κ1) is 34.3. The average Bonchev–Trinajstić information content (AvgIpc) is 3.66. The number of ether oxygens (including phenoxy) is 1. The van der Waals surface area contributed by atoms with Crippen LogP contribution in [0.1, 0.15) is 56.7 Å². The molecule has 0 spiro atoms. The Morgan fingerprint density at radius 3 is 2.26 bits per heavy atom. The predicted molar refractivity (Wildman–Crippen MR) is 176 cm³/mol. The van der Waals surface area contributed by atoms with E-state index in [-0.39, 0.29) is 17.4 Å². The van der Waals surface area contributed by atoms with Gasteiger partial charge >= 0.3 is 13.2 Å². The van der Waals surface area contributed by atoms with Crippen LogP contribution >= 0.6 is 22.6 Å². The normalized spacial score (nSPS) is 13.5. The summed E-state index contributed by atoms with van der Waals surface area (Å²) in [7, 11) is -1.69. The van der Waals surface area contributed by atoms with Crippen LogP contribution in [0, 0.1) is 10.5 Å². The number of benzene rings is 2. The van der Waals surface area contributed by atoms with Gasteiger partial charge in [0.25, 0.3) is 0 Å². The zero-order chi connectivity index (χ0) is 31.6. The maximum atomic E-state index is 13.0. The number of hydrogen-bond acceptors (Lipinski definition) is 6. The van der Waals surface area contributed by atoms with Crippen LogP contribution in [0.3, 0.4) is 0 Å². The molecule has 9 nitrogen and oxygen atoms in total. The maximum Gasteiger partial charge on any atom is 0.506 e. The molecule has 2 heterocycles. The van der Waals surface area contributed by atoms with Gasteiger partial charge in [-0.15, -0.1) is 0 Å². The van der Waals surface area contributed by atoms with Gasteiger partial charge in [0.05, 0.1) is 5.59 Å². The number of carbonyl (C=O) groups excluding carboxylic acids is 3. The van der Waals surface area contributed by atoms with Gasteiger partial charge < -0.3 is 25.0 Å². The Hall–Kier alpha value is -3.16. The van der Waals surface area contributed by atoms with E-state index in [2.05, 4.69) is 47.0 Å². The van der Waals surface area contributed by atoms with E-state index < -0.39 is 24.9 Å². The van der Waals surface area contributed by atoms with Crippen molar-refractivity contribution in [2.24, 2.45) is 0 Å². The summed E-state index contributed by atoms with van der Waals surface area (Å²) in [5.41, 5.74) is 2.91. The second-order valence-electron chi connectivity index (χ2n) is 11.6. The zero-order valence-corrected chi connectivity index (χ0v) is 27.4. The highest BCUT2D eigenvalue weighted by atomic mass is 127. The molecule has 0 aliphatic carbocycles. The van der Waals surface area contributed by atoms with Crippen LogP contribution in [-0.2, 0) is 27.2 Å². The third kappa shape index (κ3) is 11.1. The molecule has 1 aliphatic rings. The second-order valence-corrected chi connectivity index (χ2v) is 12.8. The zero-order valence-electron chi connectivity index (χ0n) is 25.3. The number of aromatic nitrogens is 1. The minimum Gasteiger partial charge on any atom is -0.443 e. The molecule has 0 saturated carbocycles. The van der Waals surface area contributed by atoms with Crippen LogP contribution < -0.4 is 10.9 Å². The first-order chi connectivity index (χ1) is 20.3. The molecule has 43 heavy (non-hydrogen) atoms. The molecule has 1 unspecified atom stereocenters. The molecular formula is C32H41BIN3O6. The number of nitrogens with zero attached hydrogens (tertiary/aromatic N) is 2. The Balaban J connectivity index is 0.000000285. The fraction of sp³-hybridized carbons (Fsp3) is 0.406. The summed E-state index contributed by atoms with van der Waals surface area (Å²) in [6.45, 7) is 8.86. The summed E-state index contributed by atoms with van der Waals surface area (Å²) in [4.78, 5) is 39.1. The van der Waals surface area contributed by atoms with Gasteiger partial charge in [0, 0.05) is 35.7 Å². The lowest BCUT2D eigenvalue weighted by Crippen LogP contribution is -2.49. The number of aryl methyl sites for hydroxylation is 2. The molecule has 3 N–H and O–H groups in total. The smallest absolute Gasteiger partial charge is 0.443 e. The van der Waals surface area contributed by atoms with Crippen LogP contribution in [0.5, 0.6) is 0 Å². The lowest BCUT2D eigenvalue weighted by atomic mass is 9.86. The first-order valence-electron chi connectivity index (χ1n) is 14.5. The molecule has 3 aromatic rings. The number of amides is 2. The second kappa shape index (κ2) is 16.1. The first-order valence-corrected chi connectivity index (χ1v) is 15.6. The molecule has 11 heteroatoms. The van der Waals surface area contributed by atoms with Crippen molar-refractivity contribution in [1.29, 1.82) is 0 Å². The number of rotatable bonds is 8. The van der Waals surface area contributed by atoms with Crippen molar-refractivity contribution < 1.29 is 29.2 Å². The van der Waals surface area contributed by atoms with Crippen molar-refractivity contribution in [3.05, 3.63) is 87.1 Å². The molecule has 1 aromatic heterocycles. The van der Waals surface area contributed by atoms with Gasteiger partial charge in [-0.3, -0.25) is 14.2 Å². The van der Waals surface area contributed by atoms with E-state index in [1.54, 1.807) is 26.8 Å². The molecule has 0 bridgehead atoms. The quantitative estimate of drug-likeness (QED) is 0.243. The van der Waals surface area contributed by atoms with Crippen LogP contribution in [-0.4, -0.2) is 69.3 Å². The SMILES string of the molecule is CC(C)(C)OC(=O)n1cccc1B(O)O.Cc1ccccc1CCC(=O)NC(Cc1ccc(I)cc1)C(=O)N1CCCC1. The molecule has 230 valence electrons. The van der Waals surface area contributed by atoms with Crippen LogP contribution in [0.15, 0.2) is 66.9 Å². The molecule has 1 atom stereocenters. The lowest BCUT2D eigenvalue weighted by molar-refractivity contribution is -0.135. The van der Waals surface area contributed by atoms with Crippen molar-refractivity contribution >= 4 is 53.2 Å². The third-order valence-electron chi connectivity index (χ3n) is 6.92. The summed E-state index contributed by atoms with van der Waals surface area (Å²) in [6.07, 6.45) is 4.49. The molecule has 2 aromatic carbocycles. The number of hydrogen-bond donors (Lipinski definition) is 3. The van der Waals surface area contributed by atoms with Gasteiger partial charge in [-0.2, -0.15) is 0 Å². The van der Waals surface area contributed by atoms with Crippen molar-refractivity contribution in [3.8, 4) is 0 Å². The van der Waals surface area contributed by atoms with Crippen LogP contribution in [0.2, 0.25) is 0 Å². The van der Waals surface area contributed by atoms with Crippen molar-refractivity contribution in [3.63, 3.8) is 0 Å². The van der Waals surface area contributed by atoms with Gasteiger partial charge in [0.1, 0.15) is 11.6 Å². The van der Waals surface area contributed by atoms with Crippen LogP contribution in [0.25, 0.3) is 0 Å². The molecule has 1 saturated heterocycles. The molecule has 1 fully saturated rings. The van der Waals surface area contributed by atoms with Gasteiger partial charge in [-0.1, -0.05) is 36.4 Å². The summed E-state index contributed by atoms with van der Waals surface area (Å²) in [5.74, 6) is -0.0217. The summed E-state index contributed by atoms with van der Waals surface area (Å²) in [5, 5.41) is 20.9. The number of carbonyl (C=O) groups is 3. The van der Waals surface area contributed by atoms with Gasteiger partial charge in [-0.05, 0) is 111 Å². The van der Waals surface area contributed by atoms with Gasteiger partial charge in [-0.25, -0.2) is 4.79 Å². The van der Waals surface area contributed by atoms with E-state index in [1.807, 2.05) is 41.3 Å². The molecule has 1 aliphatic heterocycles. The standard InChI is InChI=1S/C23H27IN2O2.C9H14BNO4/c1-17-6-2-3-7-19(17)10-13-22(27)25-21(23(28)26-14-4-5-15-26)16-18-8-11-20(24)12-9-18;1-9(2,3)15-8(12)11-6-4-5-7(11)10(13)14/h2-3,6-9,11-12,21H,4-5,10,13-16H2,1H3,(H,25,27);4-6,13-14H,1-3H3. The Kier molecular flexibility index (Phi) is 12.8. The number of halogens is 1. The molecule has 0 radical (unpaired) electrons. The third-order valence-corrected chi connectivity index (χ3v) is 7.64. The van der Waals surface area contributed by atoms with Gasteiger partial charge in [0.2, 0.25) is 11.8 Å². The van der Waals surface area contributed by atoms with E-state index in [4.69, 9.17) is 14.8 Å². The fourth-order valence-electron chi connectivity index (χ4n) is 4.70. The highest BCUT2D eigenvalue weighted by Gasteiger charge is 2.28. The van der Waals surface area contributed by atoms with Crippen molar-refractivity contribution in [1.82, 2.24) is 14.8 Å². The average molecular weight is 701 g/mol. The highest BCUT2D eigenvalue weighted by Crippen LogP contribution is 2.15. The Morgan fingerprint density at radius 2 is 1.65 bits per heavy atom. The summed E-state index contributed by atoms with van der Waals surface area (Å²) in [6, 6.07) is 18.7. The van der Waals surface area contributed by atoms with E-state index >= 15 is 0 Å². The predicted octanol–water partition coefficient (Wildman–Crippen LogP) is 3.83. The largest absolute Gasteiger partial charge is 0.506 e. The van der Waals surface area contributed by atoms with E-state index in [0.29, 0.717) is 19.3 Å². The van der Waals surface area contributed by atoms with Crippen molar-refractivity contribution in [2.45, 2.75) is 71.4 Å². The van der Waals surface area contributed by atoms with E-state index in [0.717, 1.165) is 39.6 Å². The summed E-state index contributed by atoms with van der Waals surface area (Å²) < 4.78 is 7.30. The summed E-state index contributed by atoms with van der Waals surface area (Å²) >= 11 is 2.27. The topological polar surface area (TPSA) is 121 Å². The molecule has 4 rings (SSSR count). The number of nitrogens with one attached hydrogen (secondary N) is 1. The number of likely N-dealkylation sites (tertiary alicyclic amines) is 1. The maximum absolute atomic E-state index is 13.0. The Labute approximate surface area is 267 Å². The highest BCUT2D eigenvalue weighted by molar-refractivity contribution is 14.1. The van der Waals surface area contributed by atoms with Gasteiger partial charge in [0.15, 0.2) is 0 Å². The van der Waals surface area contributed by atoms with Crippen molar-refractivity contribution in [2.75, 3.05) is 13.1 Å². The Morgan fingerprint density at radius 1 is 1.00 bits per heavy atom. The fourth-order valence-corrected chi connectivity index (χ4v) is 5.06. The Bertz CT molecular complexity index is 1360. The minimum atomic E-state index is -1.69. The van der Waals surface area contributed by atoms with E-state index in [1.165, 1.54) is 23.4 Å². The minimum absolute atomic E-state index is 0.0419. The lowest BCUT2D eigenvalue weighted by Gasteiger charge is -2.24. The molecular weight excluding hydrogens is 660 g/mol. The van der Waals surface area contributed by atoms with E-state index in [9.17, 15) is 14.4 Å².